The van der Waals surface area contributed by atoms with E-state index in [4.69, 9.17) is 23.2 Å². The van der Waals surface area contributed by atoms with Crippen molar-refractivity contribution in [2.24, 2.45) is 0 Å². The van der Waals surface area contributed by atoms with Crippen LogP contribution < -0.4 is 0 Å². The van der Waals surface area contributed by atoms with Crippen LogP contribution in [0.3, 0.4) is 0 Å². The van der Waals surface area contributed by atoms with Crippen LogP contribution in [0.4, 0.5) is 0 Å². The predicted octanol–water partition coefficient (Wildman–Crippen LogP) is 2.34. The van der Waals surface area contributed by atoms with Crippen molar-refractivity contribution in [1.82, 2.24) is 24.0 Å². The molecule has 0 saturated carbocycles. The van der Waals surface area contributed by atoms with E-state index in [0.29, 0.717) is 5.02 Å². The molecule has 36 heavy (non-hydrogen) atoms. The number of carbonyl (C=O) groups excluding carboxylic acids is 2. The van der Waals surface area contributed by atoms with Gasteiger partial charge >= 0.3 is 0 Å². The highest BCUT2D eigenvalue weighted by molar-refractivity contribution is 7.89. The molecule has 2 aliphatic rings. The Hall–Kier alpha value is -2.24. The van der Waals surface area contributed by atoms with E-state index in [9.17, 15) is 18.0 Å². The molecule has 0 aliphatic carbocycles. The number of likely N-dealkylation sites (N-methyl/N-ethyl adjacent to an activating group) is 1. The second-order valence-corrected chi connectivity index (χ2v) is 12.2. The zero-order valence-corrected chi connectivity index (χ0v) is 22.8. The van der Waals surface area contributed by atoms with Gasteiger partial charge in [0.2, 0.25) is 21.8 Å². The lowest BCUT2D eigenvalue weighted by Crippen LogP contribution is -2.76. The molecular formula is C24H29Cl2N5O4S. The van der Waals surface area contributed by atoms with Crippen LogP contribution in [-0.2, 0) is 26.0 Å². The lowest BCUT2D eigenvalue weighted by atomic mass is 9.97. The predicted molar refractivity (Wildman–Crippen MR) is 137 cm³/mol. The first-order valence-electron chi connectivity index (χ1n) is 11.6. The molecule has 0 radical (unpaired) electrons. The molecule has 2 amide bonds. The Bertz CT molecular complexity index is 1260. The third-order valence-electron chi connectivity index (χ3n) is 6.69. The molecule has 194 valence electrons. The molecular weight excluding hydrogens is 525 g/mol. The minimum atomic E-state index is -4.16. The van der Waals surface area contributed by atoms with Gasteiger partial charge in [-0.25, -0.2) is 8.42 Å². The van der Waals surface area contributed by atoms with Crippen LogP contribution in [0.25, 0.3) is 0 Å². The van der Waals surface area contributed by atoms with Crippen molar-refractivity contribution in [2.75, 3.05) is 27.2 Å². The smallest absolute Gasteiger partial charge is 0.246 e. The Balaban J connectivity index is 1.85. The van der Waals surface area contributed by atoms with Gasteiger partial charge in [-0.2, -0.15) is 4.31 Å². The van der Waals surface area contributed by atoms with Crippen LogP contribution in [0.2, 0.25) is 10.0 Å². The Kier molecular flexibility index (Phi) is 7.64. The molecule has 2 aromatic rings. The minimum Gasteiger partial charge on any atom is -0.335 e. The molecule has 1 aromatic heterocycles. The Morgan fingerprint density at radius 2 is 1.83 bits per heavy atom. The van der Waals surface area contributed by atoms with Gasteiger partial charge in [-0.05, 0) is 57.8 Å². The number of benzene rings is 1. The summed E-state index contributed by atoms with van der Waals surface area (Å²) in [4.78, 5) is 36.2. The number of carbonyl (C=O) groups is 2. The third kappa shape index (κ3) is 4.84. The molecule has 12 heteroatoms. The van der Waals surface area contributed by atoms with Gasteiger partial charge in [-0.3, -0.25) is 19.5 Å². The summed E-state index contributed by atoms with van der Waals surface area (Å²) in [5, 5.41) is 0.304. The molecule has 2 saturated heterocycles. The first kappa shape index (κ1) is 26.8. The minimum absolute atomic E-state index is 0.00753. The number of aromatic nitrogens is 1. The van der Waals surface area contributed by atoms with Gasteiger partial charge in [0.05, 0.1) is 11.6 Å². The molecule has 4 rings (SSSR count). The van der Waals surface area contributed by atoms with E-state index in [0.717, 1.165) is 5.56 Å². The zero-order chi connectivity index (χ0) is 26.4. The second-order valence-electron chi connectivity index (χ2n) is 9.52. The normalized spacial score (nSPS) is 23.5. The summed E-state index contributed by atoms with van der Waals surface area (Å²) in [5.74, 6) is -0.510. The van der Waals surface area contributed by atoms with Crippen LogP contribution in [0, 0.1) is 0 Å². The van der Waals surface area contributed by atoms with Crippen molar-refractivity contribution in [1.29, 1.82) is 0 Å². The summed E-state index contributed by atoms with van der Waals surface area (Å²) < 4.78 is 29.3. The number of halogens is 2. The average molecular weight is 555 g/mol. The molecule has 3 heterocycles. The van der Waals surface area contributed by atoms with Crippen LogP contribution in [0.1, 0.15) is 19.4 Å². The number of piperazine rings is 1. The largest absolute Gasteiger partial charge is 0.335 e. The van der Waals surface area contributed by atoms with Crippen molar-refractivity contribution in [2.45, 2.75) is 49.5 Å². The maximum atomic E-state index is 14.0. The van der Waals surface area contributed by atoms with Crippen LogP contribution in [0.5, 0.6) is 0 Å². The van der Waals surface area contributed by atoms with E-state index in [1.165, 1.54) is 27.4 Å². The van der Waals surface area contributed by atoms with E-state index in [1.54, 1.807) is 42.4 Å². The molecule has 1 aromatic carbocycles. The second kappa shape index (κ2) is 10.3. The van der Waals surface area contributed by atoms with Crippen molar-refractivity contribution in [3.63, 3.8) is 0 Å². The highest BCUT2D eigenvalue weighted by atomic mass is 35.5. The van der Waals surface area contributed by atoms with Gasteiger partial charge in [0.1, 0.15) is 23.1 Å². The molecule has 3 unspecified atom stereocenters. The summed E-state index contributed by atoms with van der Waals surface area (Å²) in [6.45, 7) is 3.72. The standard InChI is InChI=1S/C24H29Cl2N5O4S/c1-15(2)29-14-22-30(36(34,35)21-8-7-17(25)11-18(21)26)13-20(28(3)4)24(33)31(22)19(23(29)32)10-16-6-5-9-27-12-16/h5-9,11-12,15,19-20,22H,10,13-14H2,1-4H3. The van der Waals surface area contributed by atoms with Crippen molar-refractivity contribution < 1.29 is 18.0 Å². The number of nitrogens with zero attached hydrogens (tertiary/aromatic N) is 5. The fourth-order valence-electron chi connectivity index (χ4n) is 4.79. The summed E-state index contributed by atoms with van der Waals surface area (Å²) in [5.41, 5.74) is 0.773. The molecule has 0 N–H and O–H groups in total. The number of amides is 2. The topological polar surface area (TPSA) is 94.1 Å². The van der Waals surface area contributed by atoms with E-state index < -0.39 is 28.3 Å². The summed E-state index contributed by atoms with van der Waals surface area (Å²) >= 11 is 12.3. The van der Waals surface area contributed by atoms with Gasteiger partial charge in [0.15, 0.2) is 0 Å². The zero-order valence-electron chi connectivity index (χ0n) is 20.5. The molecule has 0 spiro atoms. The van der Waals surface area contributed by atoms with Crippen LogP contribution in [0.15, 0.2) is 47.6 Å². The highest BCUT2D eigenvalue weighted by Gasteiger charge is 2.54. The number of sulfonamides is 1. The number of hydrogen-bond donors (Lipinski definition) is 0. The van der Waals surface area contributed by atoms with Crippen LogP contribution >= 0.6 is 23.2 Å². The first-order chi connectivity index (χ1) is 16.9. The van der Waals surface area contributed by atoms with Gasteiger partial charge in [-0.15, -0.1) is 0 Å². The summed E-state index contributed by atoms with van der Waals surface area (Å²) in [6, 6.07) is 5.95. The maximum Gasteiger partial charge on any atom is 0.246 e. The van der Waals surface area contributed by atoms with E-state index in [1.807, 2.05) is 19.9 Å². The molecule has 9 nitrogen and oxygen atoms in total. The highest BCUT2D eigenvalue weighted by Crippen LogP contribution is 2.35. The number of pyridine rings is 1. The Morgan fingerprint density at radius 3 is 2.42 bits per heavy atom. The maximum absolute atomic E-state index is 14.0. The van der Waals surface area contributed by atoms with E-state index in [-0.39, 0.29) is 47.3 Å². The molecule has 2 fully saturated rings. The van der Waals surface area contributed by atoms with Crippen LogP contribution in [-0.4, -0.2) is 95.7 Å². The average Bonchev–Trinajstić information content (AvgIpc) is 2.80. The van der Waals surface area contributed by atoms with Gasteiger partial charge < -0.3 is 9.80 Å². The van der Waals surface area contributed by atoms with E-state index >= 15 is 0 Å². The fourth-order valence-corrected chi connectivity index (χ4v) is 7.12. The summed E-state index contributed by atoms with van der Waals surface area (Å²) in [6.07, 6.45) is 2.60. The third-order valence-corrected chi connectivity index (χ3v) is 9.27. The fraction of sp³-hybridized carbons (Fsp3) is 0.458. The lowest BCUT2D eigenvalue weighted by molar-refractivity contribution is -0.171. The molecule has 2 aliphatic heterocycles. The van der Waals surface area contributed by atoms with Crippen molar-refractivity contribution in [3.05, 3.63) is 58.3 Å². The lowest BCUT2D eigenvalue weighted by Gasteiger charge is -2.54. The van der Waals surface area contributed by atoms with E-state index in [2.05, 4.69) is 4.98 Å². The quantitative estimate of drug-likeness (QED) is 0.545. The van der Waals surface area contributed by atoms with Gasteiger partial charge in [-0.1, -0.05) is 29.3 Å². The molecule has 3 atom stereocenters. The SMILES string of the molecule is CC(C)N1CC2N(C(=O)C(N(C)C)CN2S(=O)(=O)c2ccc(Cl)cc2Cl)C(Cc2cccnc2)C1=O. The number of rotatable bonds is 6. The monoisotopic (exact) mass is 553 g/mol. The number of fused-ring (bicyclic) bond motifs is 1. The van der Waals surface area contributed by atoms with Gasteiger partial charge in [0.25, 0.3) is 0 Å². The Labute approximate surface area is 221 Å². The van der Waals surface area contributed by atoms with Gasteiger partial charge in [0, 0.05) is 36.4 Å². The Morgan fingerprint density at radius 1 is 1.11 bits per heavy atom. The first-order valence-corrected chi connectivity index (χ1v) is 13.8. The molecule has 0 bridgehead atoms. The number of hydrogen-bond acceptors (Lipinski definition) is 6. The van der Waals surface area contributed by atoms with Crippen molar-refractivity contribution >= 4 is 45.0 Å². The summed E-state index contributed by atoms with van der Waals surface area (Å²) in [7, 11) is -0.734. The van der Waals surface area contributed by atoms with Crippen molar-refractivity contribution in [3.8, 4) is 0 Å².